The number of fused-ring (bicyclic) bond motifs is 1. The first-order valence-corrected chi connectivity index (χ1v) is 7.27. The monoisotopic (exact) mass is 323 g/mol. The minimum Gasteiger partial charge on any atom is -0.491 e. The number of aromatic amines is 1. The summed E-state index contributed by atoms with van der Waals surface area (Å²) in [5.41, 5.74) is 0.487. The van der Waals surface area contributed by atoms with Crippen LogP contribution in [0, 0.1) is 0 Å². The molecule has 0 aliphatic carbocycles. The summed E-state index contributed by atoms with van der Waals surface area (Å²) in [6.45, 7) is 0.359. The predicted molar refractivity (Wildman–Crippen MR) is 84.8 cm³/mol. The predicted octanol–water partition coefficient (Wildman–Crippen LogP) is 0.292. The van der Waals surface area contributed by atoms with Crippen molar-refractivity contribution in [2.24, 2.45) is 0 Å². The molecule has 1 aromatic heterocycles. The van der Waals surface area contributed by atoms with Crippen LogP contribution in [0.15, 0.2) is 35.1 Å². The molecule has 1 aromatic carbocycles. The number of pyridine rings is 1. The molecule has 7 heteroatoms. The van der Waals surface area contributed by atoms with E-state index in [9.17, 15) is 15.0 Å². The highest BCUT2D eigenvalue weighted by molar-refractivity contribution is 5.79. The van der Waals surface area contributed by atoms with E-state index in [0.717, 1.165) is 5.39 Å². The molecule has 0 aliphatic heterocycles. The van der Waals surface area contributed by atoms with E-state index in [1.54, 1.807) is 18.2 Å². The Balaban J connectivity index is 1.80. The number of methoxy groups -OCH3 is 1. The van der Waals surface area contributed by atoms with Crippen molar-refractivity contribution < 1.29 is 24.4 Å². The quantitative estimate of drug-likeness (QED) is 0.613. The maximum atomic E-state index is 11.3. The minimum atomic E-state index is -0.824. The van der Waals surface area contributed by atoms with Crippen molar-refractivity contribution in [3.8, 4) is 5.75 Å². The van der Waals surface area contributed by atoms with E-state index in [-0.39, 0.29) is 32.0 Å². The Kier molecular flexibility index (Phi) is 6.54. The fourth-order valence-electron chi connectivity index (χ4n) is 2.04. The molecule has 23 heavy (non-hydrogen) atoms. The molecule has 0 bridgehead atoms. The topological polar surface area (TPSA) is 101 Å². The summed E-state index contributed by atoms with van der Waals surface area (Å²) < 4.78 is 15.4. The van der Waals surface area contributed by atoms with Gasteiger partial charge in [-0.05, 0) is 23.6 Å². The molecule has 0 aliphatic rings. The van der Waals surface area contributed by atoms with Crippen LogP contribution in [-0.2, 0) is 9.47 Å². The second-order valence-electron chi connectivity index (χ2n) is 5.18. The average molecular weight is 323 g/mol. The number of hydrogen-bond donors (Lipinski definition) is 3. The van der Waals surface area contributed by atoms with Crippen LogP contribution >= 0.6 is 0 Å². The van der Waals surface area contributed by atoms with Crippen molar-refractivity contribution in [1.82, 2.24) is 4.98 Å². The number of aromatic nitrogens is 1. The number of ether oxygens (including phenoxy) is 3. The lowest BCUT2D eigenvalue weighted by Gasteiger charge is -2.15. The van der Waals surface area contributed by atoms with Gasteiger partial charge in [0, 0.05) is 19.2 Å². The molecule has 7 nitrogen and oxygen atoms in total. The summed E-state index contributed by atoms with van der Waals surface area (Å²) in [6, 6.07) is 8.47. The van der Waals surface area contributed by atoms with Gasteiger partial charge < -0.3 is 29.4 Å². The molecule has 2 rings (SSSR count). The average Bonchev–Trinajstić information content (AvgIpc) is 2.52. The Hall–Kier alpha value is -1.93. The van der Waals surface area contributed by atoms with Gasteiger partial charge in [-0.15, -0.1) is 0 Å². The summed E-state index contributed by atoms with van der Waals surface area (Å²) in [6.07, 6.45) is -1.54. The highest BCUT2D eigenvalue weighted by atomic mass is 16.5. The zero-order valence-corrected chi connectivity index (χ0v) is 12.9. The zero-order valence-electron chi connectivity index (χ0n) is 12.9. The molecular weight excluding hydrogens is 302 g/mol. The smallest absolute Gasteiger partial charge is 0.248 e. The number of aliphatic hydroxyl groups is 2. The molecule has 2 unspecified atom stereocenters. The highest BCUT2D eigenvalue weighted by Crippen LogP contribution is 2.18. The van der Waals surface area contributed by atoms with Crippen molar-refractivity contribution >= 4 is 10.9 Å². The van der Waals surface area contributed by atoms with Crippen molar-refractivity contribution in [1.29, 1.82) is 0 Å². The van der Waals surface area contributed by atoms with Gasteiger partial charge in [-0.3, -0.25) is 4.79 Å². The second kappa shape index (κ2) is 8.64. The number of rotatable bonds is 9. The summed E-state index contributed by atoms with van der Waals surface area (Å²) in [7, 11) is 1.49. The Morgan fingerprint density at radius 2 is 1.74 bits per heavy atom. The molecule has 0 saturated heterocycles. The van der Waals surface area contributed by atoms with E-state index in [2.05, 4.69) is 4.98 Å². The van der Waals surface area contributed by atoms with Crippen LogP contribution in [0.4, 0.5) is 0 Å². The van der Waals surface area contributed by atoms with Gasteiger partial charge in [0.1, 0.15) is 24.6 Å². The van der Waals surface area contributed by atoms with E-state index in [1.807, 2.05) is 6.07 Å². The van der Waals surface area contributed by atoms with E-state index >= 15 is 0 Å². The first-order chi connectivity index (χ1) is 11.1. The molecule has 0 spiro atoms. The van der Waals surface area contributed by atoms with Crippen molar-refractivity contribution in [2.45, 2.75) is 12.2 Å². The largest absolute Gasteiger partial charge is 0.491 e. The molecule has 3 N–H and O–H groups in total. The lowest BCUT2D eigenvalue weighted by Crippen LogP contribution is -2.27. The fraction of sp³-hybridized carbons (Fsp3) is 0.438. The molecule has 0 saturated carbocycles. The molecular formula is C16H21NO6. The fourth-order valence-corrected chi connectivity index (χ4v) is 2.04. The Morgan fingerprint density at radius 3 is 2.48 bits per heavy atom. The lowest BCUT2D eigenvalue weighted by molar-refractivity contribution is -0.0394. The first kappa shape index (κ1) is 17.4. The maximum Gasteiger partial charge on any atom is 0.248 e. The van der Waals surface area contributed by atoms with Gasteiger partial charge in [0.05, 0.1) is 25.3 Å². The van der Waals surface area contributed by atoms with Crippen molar-refractivity contribution in [2.75, 3.05) is 33.5 Å². The van der Waals surface area contributed by atoms with Gasteiger partial charge in [-0.2, -0.15) is 0 Å². The molecule has 0 radical (unpaired) electrons. The summed E-state index contributed by atoms with van der Waals surface area (Å²) in [4.78, 5) is 14.0. The van der Waals surface area contributed by atoms with E-state index in [0.29, 0.717) is 11.3 Å². The third kappa shape index (κ3) is 5.65. The van der Waals surface area contributed by atoms with Gasteiger partial charge in [-0.1, -0.05) is 0 Å². The van der Waals surface area contributed by atoms with Gasteiger partial charge in [0.15, 0.2) is 0 Å². The van der Waals surface area contributed by atoms with Crippen LogP contribution in [-0.4, -0.2) is 60.9 Å². The third-order valence-electron chi connectivity index (χ3n) is 3.12. The zero-order chi connectivity index (χ0) is 16.7. The standard InChI is InChI=1S/C16H21NO6/c1-21-7-12(18)8-22-9-13(19)10-23-14-4-2-11-3-5-16(20)17-15(11)6-14/h2-6,12-13,18-19H,7-10H2,1H3,(H,17,20). The second-order valence-corrected chi connectivity index (χ2v) is 5.18. The Morgan fingerprint density at radius 1 is 1.04 bits per heavy atom. The number of hydrogen-bond acceptors (Lipinski definition) is 6. The highest BCUT2D eigenvalue weighted by Gasteiger charge is 2.09. The van der Waals surface area contributed by atoms with E-state index in [1.165, 1.54) is 13.2 Å². The SMILES string of the molecule is COCC(O)COCC(O)COc1ccc2ccc(=O)[nH]c2c1. The lowest BCUT2D eigenvalue weighted by atomic mass is 10.2. The number of benzene rings is 1. The molecule has 2 aromatic rings. The van der Waals surface area contributed by atoms with Crippen LogP contribution in [0.1, 0.15) is 0 Å². The van der Waals surface area contributed by atoms with Gasteiger partial charge in [0.25, 0.3) is 0 Å². The molecule has 1 heterocycles. The number of nitrogens with one attached hydrogen (secondary N) is 1. The Bertz CT molecular complexity index is 671. The number of H-pyrrole nitrogens is 1. The Labute approximate surface area is 133 Å². The maximum absolute atomic E-state index is 11.3. The van der Waals surface area contributed by atoms with Gasteiger partial charge >= 0.3 is 0 Å². The minimum absolute atomic E-state index is 0.0446. The van der Waals surface area contributed by atoms with Crippen LogP contribution < -0.4 is 10.3 Å². The molecule has 2 atom stereocenters. The van der Waals surface area contributed by atoms with Crippen LogP contribution in [0.5, 0.6) is 5.75 Å². The third-order valence-corrected chi connectivity index (χ3v) is 3.12. The van der Waals surface area contributed by atoms with Crippen molar-refractivity contribution in [3.05, 3.63) is 40.7 Å². The van der Waals surface area contributed by atoms with E-state index in [4.69, 9.17) is 14.2 Å². The molecule has 0 fully saturated rings. The van der Waals surface area contributed by atoms with Crippen LogP contribution in [0.3, 0.4) is 0 Å². The summed E-state index contributed by atoms with van der Waals surface area (Å²) in [5, 5.41) is 20.1. The molecule has 0 amide bonds. The van der Waals surface area contributed by atoms with E-state index < -0.39 is 12.2 Å². The van der Waals surface area contributed by atoms with Gasteiger partial charge in [-0.25, -0.2) is 0 Å². The summed E-state index contributed by atoms with van der Waals surface area (Å²) in [5.74, 6) is 0.540. The number of aliphatic hydroxyl groups excluding tert-OH is 2. The normalized spacial score (nSPS) is 13.9. The van der Waals surface area contributed by atoms with Crippen molar-refractivity contribution in [3.63, 3.8) is 0 Å². The van der Waals surface area contributed by atoms with Crippen LogP contribution in [0.2, 0.25) is 0 Å². The molecule has 126 valence electrons. The van der Waals surface area contributed by atoms with Crippen LogP contribution in [0.25, 0.3) is 10.9 Å². The first-order valence-electron chi connectivity index (χ1n) is 7.27. The summed E-state index contributed by atoms with van der Waals surface area (Å²) >= 11 is 0. The van der Waals surface area contributed by atoms with Gasteiger partial charge in [0.2, 0.25) is 5.56 Å².